The number of nitrogens with zero attached hydrogens (tertiary/aromatic N) is 4. The molecular weight excluding hydrogens is 403 g/mol. The van der Waals surface area contributed by atoms with E-state index in [0.29, 0.717) is 25.3 Å². The number of carbonyl (C=O) groups excluding carboxylic acids is 1. The molecule has 1 aliphatic heterocycles. The number of aryl methyl sites for hydroxylation is 1. The van der Waals surface area contributed by atoms with E-state index in [9.17, 15) is 9.18 Å². The molecule has 2 heterocycles. The Labute approximate surface area is 188 Å². The van der Waals surface area contributed by atoms with E-state index in [2.05, 4.69) is 4.90 Å². The summed E-state index contributed by atoms with van der Waals surface area (Å²) < 4.78 is 13.4. The molecule has 32 heavy (non-hydrogen) atoms. The van der Waals surface area contributed by atoms with Gasteiger partial charge in [0.2, 0.25) is 5.91 Å². The summed E-state index contributed by atoms with van der Waals surface area (Å²) in [4.78, 5) is 26.4. The van der Waals surface area contributed by atoms with Crippen LogP contribution in [0.25, 0.3) is 11.4 Å². The summed E-state index contributed by atoms with van der Waals surface area (Å²) in [6.07, 6.45) is 0.627. The molecule has 1 aliphatic rings. The Morgan fingerprint density at radius 1 is 0.969 bits per heavy atom. The predicted octanol–water partition coefficient (Wildman–Crippen LogP) is 4.49. The summed E-state index contributed by atoms with van der Waals surface area (Å²) in [6.45, 7) is 8.69. The zero-order valence-electron chi connectivity index (χ0n) is 18.9. The fourth-order valence-corrected chi connectivity index (χ4v) is 4.08. The first-order chi connectivity index (χ1) is 15.4. The summed E-state index contributed by atoms with van der Waals surface area (Å²) in [5, 5.41) is 0. The zero-order valence-corrected chi connectivity index (χ0v) is 18.9. The normalized spacial score (nSPS) is 14.2. The Bertz CT molecular complexity index is 1070. The van der Waals surface area contributed by atoms with Crippen LogP contribution in [-0.4, -0.2) is 47.0 Å². The molecule has 0 radical (unpaired) electrons. The number of halogens is 1. The molecule has 0 spiro atoms. The molecule has 3 aromatic rings. The maximum atomic E-state index is 13.4. The Balaban J connectivity index is 1.68. The molecular formula is C26H29FN4O. The van der Waals surface area contributed by atoms with E-state index in [1.807, 2.05) is 68.1 Å². The van der Waals surface area contributed by atoms with Crippen molar-refractivity contribution >= 4 is 11.7 Å². The van der Waals surface area contributed by atoms with Crippen molar-refractivity contribution in [3.05, 3.63) is 77.2 Å². The van der Waals surface area contributed by atoms with Gasteiger partial charge in [0.1, 0.15) is 11.6 Å². The molecule has 0 N–H and O–H groups in total. The van der Waals surface area contributed by atoms with Crippen LogP contribution in [0, 0.1) is 18.7 Å². The maximum absolute atomic E-state index is 13.4. The summed E-state index contributed by atoms with van der Waals surface area (Å²) in [5.74, 6) is 1.55. The fourth-order valence-electron chi connectivity index (χ4n) is 4.08. The summed E-state index contributed by atoms with van der Waals surface area (Å²) in [6, 6.07) is 16.6. The minimum atomic E-state index is -0.243. The third kappa shape index (κ3) is 4.79. The monoisotopic (exact) mass is 432 g/mol. The molecule has 4 rings (SSSR count). The van der Waals surface area contributed by atoms with Gasteiger partial charge in [-0.15, -0.1) is 0 Å². The second-order valence-corrected chi connectivity index (χ2v) is 8.57. The second kappa shape index (κ2) is 9.47. The van der Waals surface area contributed by atoms with Gasteiger partial charge in [-0.2, -0.15) is 0 Å². The molecule has 1 fully saturated rings. The minimum absolute atomic E-state index is 0.00145. The smallest absolute Gasteiger partial charge is 0.225 e. The first-order valence-electron chi connectivity index (χ1n) is 11.1. The number of aromatic nitrogens is 2. The Kier molecular flexibility index (Phi) is 6.49. The number of piperazine rings is 1. The molecule has 0 aliphatic carbocycles. The quantitative estimate of drug-likeness (QED) is 0.596. The van der Waals surface area contributed by atoms with E-state index in [1.165, 1.54) is 12.1 Å². The highest BCUT2D eigenvalue weighted by atomic mass is 19.1. The van der Waals surface area contributed by atoms with E-state index >= 15 is 0 Å². The molecule has 2 aromatic carbocycles. The standard InChI is InChI=1S/C26H29FN4O/c1-18(2)26(32)31-15-13-30(14-16-31)25-23(17-20-9-11-22(27)12-10-20)19(3)28-24(29-25)21-7-5-4-6-8-21/h4-12,18H,13-17H2,1-3H3. The van der Waals surface area contributed by atoms with Gasteiger partial charge in [0, 0.05) is 55.3 Å². The van der Waals surface area contributed by atoms with Gasteiger partial charge in [-0.3, -0.25) is 4.79 Å². The summed E-state index contributed by atoms with van der Waals surface area (Å²) in [5.41, 5.74) is 3.94. The van der Waals surface area contributed by atoms with E-state index in [1.54, 1.807) is 0 Å². The molecule has 1 amide bonds. The van der Waals surface area contributed by atoms with Crippen molar-refractivity contribution in [3.8, 4) is 11.4 Å². The van der Waals surface area contributed by atoms with Crippen LogP contribution < -0.4 is 4.90 Å². The van der Waals surface area contributed by atoms with Crippen molar-refractivity contribution in [2.45, 2.75) is 27.2 Å². The molecule has 0 atom stereocenters. The lowest BCUT2D eigenvalue weighted by atomic mass is 10.0. The van der Waals surface area contributed by atoms with Crippen molar-refractivity contribution in [2.24, 2.45) is 5.92 Å². The lowest BCUT2D eigenvalue weighted by Crippen LogP contribution is -2.50. The van der Waals surface area contributed by atoms with Crippen LogP contribution in [0.5, 0.6) is 0 Å². The Morgan fingerprint density at radius 3 is 2.25 bits per heavy atom. The number of rotatable bonds is 5. The number of benzene rings is 2. The number of hydrogen-bond acceptors (Lipinski definition) is 4. The van der Waals surface area contributed by atoms with Gasteiger partial charge < -0.3 is 9.80 Å². The minimum Gasteiger partial charge on any atom is -0.353 e. The van der Waals surface area contributed by atoms with E-state index in [4.69, 9.17) is 9.97 Å². The van der Waals surface area contributed by atoms with Crippen LogP contribution in [0.3, 0.4) is 0 Å². The second-order valence-electron chi connectivity index (χ2n) is 8.57. The number of amides is 1. The van der Waals surface area contributed by atoms with Crippen molar-refractivity contribution in [2.75, 3.05) is 31.1 Å². The third-order valence-electron chi connectivity index (χ3n) is 5.90. The van der Waals surface area contributed by atoms with Gasteiger partial charge in [0.05, 0.1) is 0 Å². The van der Waals surface area contributed by atoms with Gasteiger partial charge in [0.15, 0.2) is 5.82 Å². The molecule has 0 bridgehead atoms. The molecule has 0 saturated carbocycles. The van der Waals surface area contributed by atoms with Gasteiger partial charge in [-0.25, -0.2) is 14.4 Å². The lowest BCUT2D eigenvalue weighted by Gasteiger charge is -2.37. The number of hydrogen-bond donors (Lipinski definition) is 0. The van der Waals surface area contributed by atoms with Gasteiger partial charge >= 0.3 is 0 Å². The Hall–Kier alpha value is -3.28. The summed E-state index contributed by atoms with van der Waals surface area (Å²) >= 11 is 0. The molecule has 5 nitrogen and oxygen atoms in total. The maximum Gasteiger partial charge on any atom is 0.225 e. The zero-order chi connectivity index (χ0) is 22.7. The fraction of sp³-hybridized carbons (Fsp3) is 0.346. The van der Waals surface area contributed by atoms with Gasteiger partial charge in [0.25, 0.3) is 0 Å². The van der Waals surface area contributed by atoms with Gasteiger partial charge in [-0.1, -0.05) is 56.3 Å². The van der Waals surface area contributed by atoms with Crippen molar-refractivity contribution in [3.63, 3.8) is 0 Å². The molecule has 1 saturated heterocycles. The van der Waals surface area contributed by atoms with E-state index in [0.717, 1.165) is 41.3 Å². The highest BCUT2D eigenvalue weighted by Gasteiger charge is 2.26. The number of anilines is 1. The average molecular weight is 433 g/mol. The van der Waals surface area contributed by atoms with Crippen LogP contribution in [-0.2, 0) is 11.2 Å². The van der Waals surface area contributed by atoms with E-state index < -0.39 is 0 Å². The lowest BCUT2D eigenvalue weighted by molar-refractivity contribution is -0.134. The first-order valence-corrected chi connectivity index (χ1v) is 11.1. The van der Waals surface area contributed by atoms with Crippen molar-refractivity contribution < 1.29 is 9.18 Å². The predicted molar refractivity (Wildman–Crippen MR) is 125 cm³/mol. The highest BCUT2D eigenvalue weighted by molar-refractivity contribution is 5.78. The Morgan fingerprint density at radius 2 is 1.62 bits per heavy atom. The van der Waals surface area contributed by atoms with Crippen molar-refractivity contribution in [1.29, 1.82) is 0 Å². The molecule has 166 valence electrons. The first kappa shape index (κ1) is 21.9. The van der Waals surface area contributed by atoms with Crippen LogP contribution in [0.1, 0.15) is 30.7 Å². The largest absolute Gasteiger partial charge is 0.353 e. The van der Waals surface area contributed by atoms with E-state index in [-0.39, 0.29) is 17.6 Å². The molecule has 6 heteroatoms. The molecule has 0 unspecified atom stereocenters. The summed E-state index contributed by atoms with van der Waals surface area (Å²) in [7, 11) is 0. The van der Waals surface area contributed by atoms with Crippen LogP contribution in [0.15, 0.2) is 54.6 Å². The van der Waals surface area contributed by atoms with Crippen LogP contribution in [0.4, 0.5) is 10.2 Å². The third-order valence-corrected chi connectivity index (χ3v) is 5.90. The van der Waals surface area contributed by atoms with Crippen LogP contribution >= 0.6 is 0 Å². The van der Waals surface area contributed by atoms with Crippen molar-refractivity contribution in [1.82, 2.24) is 14.9 Å². The topological polar surface area (TPSA) is 49.3 Å². The SMILES string of the molecule is Cc1nc(-c2ccccc2)nc(N2CCN(C(=O)C(C)C)CC2)c1Cc1ccc(F)cc1. The average Bonchev–Trinajstić information content (AvgIpc) is 2.81. The van der Waals surface area contributed by atoms with Gasteiger partial charge in [-0.05, 0) is 24.6 Å². The molecule has 1 aromatic heterocycles. The van der Waals surface area contributed by atoms with Crippen LogP contribution in [0.2, 0.25) is 0 Å². The highest BCUT2D eigenvalue weighted by Crippen LogP contribution is 2.28. The number of carbonyl (C=O) groups is 1.